The number of rotatable bonds is 1. The van der Waals surface area contributed by atoms with Gasteiger partial charge in [-0.2, -0.15) is 0 Å². The maximum Gasteiger partial charge on any atom is 0.340 e. The molecule has 0 spiro atoms. The first-order chi connectivity index (χ1) is 7.09. The second-order valence-corrected chi connectivity index (χ2v) is 3.94. The van der Waals surface area contributed by atoms with Crippen LogP contribution in [0.1, 0.15) is 13.3 Å². The summed E-state index contributed by atoms with van der Waals surface area (Å²) >= 11 is 0. The summed E-state index contributed by atoms with van der Waals surface area (Å²) in [7, 11) is 0. The van der Waals surface area contributed by atoms with Crippen LogP contribution in [0.5, 0.6) is 0 Å². The molecule has 1 fully saturated rings. The van der Waals surface area contributed by atoms with Crippen LogP contribution in [0.4, 0.5) is 0 Å². The minimum absolute atomic E-state index is 0.179. The van der Waals surface area contributed by atoms with Gasteiger partial charge in [0, 0.05) is 12.3 Å². The SMILES string of the molecule is C=CC1C(C)OC=C2C(=O)OCCC21O. The number of carbonyl (C=O) groups is 1. The van der Waals surface area contributed by atoms with Crippen molar-refractivity contribution in [3.8, 4) is 0 Å². The fourth-order valence-electron chi connectivity index (χ4n) is 2.22. The van der Waals surface area contributed by atoms with E-state index < -0.39 is 11.6 Å². The van der Waals surface area contributed by atoms with Crippen molar-refractivity contribution in [2.75, 3.05) is 6.61 Å². The van der Waals surface area contributed by atoms with E-state index in [4.69, 9.17) is 9.47 Å². The summed E-state index contributed by atoms with van der Waals surface area (Å²) < 4.78 is 10.2. The molecule has 1 saturated heterocycles. The van der Waals surface area contributed by atoms with Crippen molar-refractivity contribution >= 4 is 5.97 Å². The second-order valence-electron chi connectivity index (χ2n) is 3.94. The molecular weight excluding hydrogens is 196 g/mol. The van der Waals surface area contributed by atoms with Crippen LogP contribution >= 0.6 is 0 Å². The van der Waals surface area contributed by atoms with Gasteiger partial charge in [-0.15, -0.1) is 6.58 Å². The molecular formula is C11H14O4. The highest BCUT2D eigenvalue weighted by atomic mass is 16.5. The van der Waals surface area contributed by atoms with Crippen LogP contribution in [0.25, 0.3) is 0 Å². The van der Waals surface area contributed by atoms with E-state index in [9.17, 15) is 9.90 Å². The smallest absolute Gasteiger partial charge is 0.340 e. The van der Waals surface area contributed by atoms with Crippen molar-refractivity contribution in [1.82, 2.24) is 0 Å². The molecule has 0 aromatic heterocycles. The normalized spacial score (nSPS) is 39.6. The monoisotopic (exact) mass is 210 g/mol. The summed E-state index contributed by atoms with van der Waals surface area (Å²) in [5.41, 5.74) is -0.967. The van der Waals surface area contributed by atoms with Gasteiger partial charge in [0.2, 0.25) is 0 Å². The summed E-state index contributed by atoms with van der Waals surface area (Å²) in [4.78, 5) is 11.4. The zero-order valence-electron chi connectivity index (χ0n) is 8.60. The minimum atomic E-state index is -1.17. The minimum Gasteiger partial charge on any atom is -0.497 e. The quantitative estimate of drug-likeness (QED) is 0.513. The molecule has 1 N–H and O–H groups in total. The van der Waals surface area contributed by atoms with Gasteiger partial charge in [-0.25, -0.2) is 4.79 Å². The summed E-state index contributed by atoms with van der Waals surface area (Å²) in [6, 6.07) is 0. The molecule has 0 aromatic rings. The lowest BCUT2D eigenvalue weighted by Crippen LogP contribution is -2.52. The molecule has 0 bridgehead atoms. The average molecular weight is 210 g/mol. The van der Waals surface area contributed by atoms with Crippen molar-refractivity contribution in [3.63, 3.8) is 0 Å². The Morgan fingerprint density at radius 1 is 1.73 bits per heavy atom. The molecule has 0 aromatic carbocycles. The van der Waals surface area contributed by atoms with Gasteiger partial charge in [0.1, 0.15) is 17.3 Å². The predicted octanol–water partition coefficient (Wildman–Crippen LogP) is 0.769. The standard InChI is InChI=1S/C11H14O4/c1-3-8-7(2)15-6-9-10(12)14-5-4-11(8,9)13/h3,6-8,13H,1,4-5H2,2H3. The Hall–Kier alpha value is -1.29. The Bertz CT molecular complexity index is 333. The van der Waals surface area contributed by atoms with Crippen LogP contribution in [0.15, 0.2) is 24.5 Å². The van der Waals surface area contributed by atoms with E-state index in [1.165, 1.54) is 6.26 Å². The highest BCUT2D eigenvalue weighted by Gasteiger charge is 2.50. The Morgan fingerprint density at radius 3 is 3.13 bits per heavy atom. The van der Waals surface area contributed by atoms with Crippen molar-refractivity contribution in [1.29, 1.82) is 0 Å². The van der Waals surface area contributed by atoms with Gasteiger partial charge in [-0.3, -0.25) is 0 Å². The van der Waals surface area contributed by atoms with Crippen molar-refractivity contribution < 1.29 is 19.4 Å². The van der Waals surface area contributed by atoms with E-state index in [0.717, 1.165) is 0 Å². The van der Waals surface area contributed by atoms with Crippen molar-refractivity contribution in [2.24, 2.45) is 5.92 Å². The van der Waals surface area contributed by atoms with E-state index in [0.29, 0.717) is 6.42 Å². The number of aliphatic hydroxyl groups is 1. The number of hydrogen-bond acceptors (Lipinski definition) is 4. The molecule has 3 unspecified atom stereocenters. The molecule has 0 aliphatic carbocycles. The molecule has 0 amide bonds. The third-order valence-corrected chi connectivity index (χ3v) is 3.11. The summed E-state index contributed by atoms with van der Waals surface area (Å²) in [5, 5.41) is 10.5. The molecule has 0 saturated carbocycles. The van der Waals surface area contributed by atoms with Gasteiger partial charge in [0.25, 0.3) is 0 Å². The highest BCUT2D eigenvalue weighted by Crippen LogP contribution is 2.40. The predicted molar refractivity (Wildman–Crippen MR) is 52.8 cm³/mol. The molecule has 4 nitrogen and oxygen atoms in total. The number of ether oxygens (including phenoxy) is 2. The van der Waals surface area contributed by atoms with Gasteiger partial charge < -0.3 is 14.6 Å². The summed E-state index contributed by atoms with van der Waals surface area (Å²) in [6.07, 6.45) is 3.17. The van der Waals surface area contributed by atoms with Crippen LogP contribution in [0, 0.1) is 5.92 Å². The summed E-state index contributed by atoms with van der Waals surface area (Å²) in [5.74, 6) is -0.771. The lowest BCUT2D eigenvalue weighted by molar-refractivity contribution is -0.156. The van der Waals surface area contributed by atoms with Crippen LogP contribution < -0.4 is 0 Å². The van der Waals surface area contributed by atoms with E-state index in [1.807, 2.05) is 6.92 Å². The number of fused-ring (bicyclic) bond motifs is 1. The van der Waals surface area contributed by atoms with Gasteiger partial charge in [-0.1, -0.05) is 6.08 Å². The summed E-state index contributed by atoms with van der Waals surface area (Å²) in [6.45, 7) is 5.76. The fraction of sp³-hybridized carbons (Fsp3) is 0.545. The Kier molecular flexibility index (Phi) is 2.31. The number of hydrogen-bond donors (Lipinski definition) is 1. The van der Waals surface area contributed by atoms with Gasteiger partial charge in [0.05, 0.1) is 12.9 Å². The first kappa shape index (κ1) is 10.2. The van der Waals surface area contributed by atoms with Crippen LogP contribution in [-0.4, -0.2) is 29.4 Å². The third-order valence-electron chi connectivity index (χ3n) is 3.11. The number of cyclic esters (lactones) is 1. The zero-order chi connectivity index (χ0) is 11.1. The van der Waals surface area contributed by atoms with Gasteiger partial charge in [-0.05, 0) is 6.92 Å². The lowest BCUT2D eigenvalue weighted by Gasteiger charge is -2.43. The first-order valence-corrected chi connectivity index (χ1v) is 4.98. The molecule has 4 heteroatoms. The second kappa shape index (κ2) is 3.38. The molecule has 82 valence electrons. The Morgan fingerprint density at radius 2 is 2.47 bits per heavy atom. The molecule has 0 radical (unpaired) electrons. The van der Waals surface area contributed by atoms with Crippen molar-refractivity contribution in [2.45, 2.75) is 25.0 Å². The van der Waals surface area contributed by atoms with Crippen LogP contribution in [0.3, 0.4) is 0 Å². The van der Waals surface area contributed by atoms with Crippen LogP contribution in [-0.2, 0) is 14.3 Å². The Balaban J connectivity index is 2.43. The number of carbonyl (C=O) groups excluding carboxylic acids is 1. The maximum absolute atomic E-state index is 11.4. The molecule has 15 heavy (non-hydrogen) atoms. The molecule has 2 rings (SSSR count). The van der Waals surface area contributed by atoms with E-state index in [1.54, 1.807) is 6.08 Å². The molecule has 2 heterocycles. The maximum atomic E-state index is 11.4. The van der Waals surface area contributed by atoms with Gasteiger partial charge in [0.15, 0.2) is 0 Å². The largest absolute Gasteiger partial charge is 0.497 e. The molecule has 2 aliphatic heterocycles. The fourth-order valence-corrected chi connectivity index (χ4v) is 2.22. The lowest BCUT2D eigenvalue weighted by atomic mass is 9.74. The topological polar surface area (TPSA) is 55.8 Å². The van der Waals surface area contributed by atoms with Crippen LogP contribution in [0.2, 0.25) is 0 Å². The number of esters is 1. The van der Waals surface area contributed by atoms with E-state index in [-0.39, 0.29) is 24.2 Å². The molecule has 2 aliphatic rings. The Labute approximate surface area is 88.2 Å². The van der Waals surface area contributed by atoms with Crippen molar-refractivity contribution in [3.05, 3.63) is 24.5 Å². The zero-order valence-corrected chi connectivity index (χ0v) is 8.60. The molecule has 3 atom stereocenters. The van der Waals surface area contributed by atoms with E-state index in [2.05, 4.69) is 6.58 Å². The van der Waals surface area contributed by atoms with E-state index >= 15 is 0 Å². The van der Waals surface area contributed by atoms with Gasteiger partial charge >= 0.3 is 5.97 Å². The highest BCUT2D eigenvalue weighted by molar-refractivity contribution is 5.91. The third kappa shape index (κ3) is 1.36. The average Bonchev–Trinajstić information content (AvgIpc) is 2.17. The first-order valence-electron chi connectivity index (χ1n) is 4.98.